The number of hydrogen-bond acceptors (Lipinski definition) is 3. The first kappa shape index (κ1) is 14.2. The van der Waals surface area contributed by atoms with Crippen LogP contribution in [-0.4, -0.2) is 25.0 Å². The van der Waals surface area contributed by atoms with Gasteiger partial charge >= 0.3 is 0 Å². The van der Waals surface area contributed by atoms with Crippen molar-refractivity contribution in [1.29, 1.82) is 0 Å². The minimum absolute atomic E-state index is 0.0404. The fraction of sp³-hybridized carbons (Fsp3) is 0.571. The van der Waals surface area contributed by atoms with Gasteiger partial charge in [-0.25, -0.2) is 8.78 Å². The fourth-order valence-corrected chi connectivity index (χ4v) is 3.27. The van der Waals surface area contributed by atoms with Crippen molar-refractivity contribution in [2.45, 2.75) is 37.5 Å². The maximum Gasteiger partial charge on any atom is 0.168 e. The summed E-state index contributed by atoms with van der Waals surface area (Å²) in [6.45, 7) is 1.27. The van der Waals surface area contributed by atoms with Crippen LogP contribution in [0.1, 0.15) is 25.7 Å². The monoisotopic (exact) mass is 347 g/mol. The summed E-state index contributed by atoms with van der Waals surface area (Å²) in [7, 11) is 0. The normalized spacial score (nSPS) is 22.4. The second kappa shape index (κ2) is 5.58. The maximum atomic E-state index is 13.8. The summed E-state index contributed by atoms with van der Waals surface area (Å²) in [4.78, 5) is 0. The molecule has 0 amide bonds. The highest BCUT2D eigenvalue weighted by molar-refractivity contribution is 9.10. The summed E-state index contributed by atoms with van der Waals surface area (Å²) in [6.07, 6.45) is 3.05. The van der Waals surface area contributed by atoms with Crippen LogP contribution in [0.25, 0.3) is 0 Å². The smallest absolute Gasteiger partial charge is 0.168 e. The van der Waals surface area contributed by atoms with Gasteiger partial charge < -0.3 is 14.8 Å². The van der Waals surface area contributed by atoms with Crippen molar-refractivity contribution in [2.24, 2.45) is 0 Å². The van der Waals surface area contributed by atoms with Gasteiger partial charge in [0.15, 0.2) is 5.79 Å². The van der Waals surface area contributed by atoms with Gasteiger partial charge in [0.25, 0.3) is 0 Å². The Labute approximate surface area is 124 Å². The molecule has 20 heavy (non-hydrogen) atoms. The van der Waals surface area contributed by atoms with Gasteiger partial charge in [0, 0.05) is 23.4 Å². The highest BCUT2D eigenvalue weighted by Crippen LogP contribution is 2.37. The minimum atomic E-state index is -0.578. The van der Waals surface area contributed by atoms with Gasteiger partial charge in [-0.05, 0) is 25.0 Å². The van der Waals surface area contributed by atoms with Gasteiger partial charge in [-0.3, -0.25) is 0 Å². The highest BCUT2D eigenvalue weighted by Gasteiger charge is 2.40. The molecule has 1 aromatic carbocycles. The van der Waals surface area contributed by atoms with E-state index in [0.29, 0.717) is 17.7 Å². The molecule has 2 fully saturated rings. The topological polar surface area (TPSA) is 30.5 Å². The van der Waals surface area contributed by atoms with Crippen molar-refractivity contribution < 1.29 is 18.3 Å². The second-order valence-electron chi connectivity index (χ2n) is 5.27. The minimum Gasteiger partial charge on any atom is -0.378 e. The zero-order chi connectivity index (χ0) is 14.2. The SMILES string of the molecule is Fc1cc(Br)cc(F)c1NC1CCC2(CC1)OCCO2. The molecule has 1 spiro atoms. The quantitative estimate of drug-likeness (QED) is 0.881. The lowest BCUT2D eigenvalue weighted by Crippen LogP contribution is -2.39. The molecule has 2 aliphatic rings. The van der Waals surface area contributed by atoms with E-state index in [1.807, 2.05) is 0 Å². The third-order valence-electron chi connectivity index (χ3n) is 3.92. The Morgan fingerprint density at radius 1 is 1.10 bits per heavy atom. The first-order valence-corrected chi connectivity index (χ1v) is 7.56. The van der Waals surface area contributed by atoms with Crippen LogP contribution in [0.3, 0.4) is 0 Å². The fourth-order valence-electron chi connectivity index (χ4n) is 2.87. The van der Waals surface area contributed by atoms with Gasteiger partial charge in [-0.1, -0.05) is 15.9 Å². The second-order valence-corrected chi connectivity index (χ2v) is 6.19. The van der Waals surface area contributed by atoms with E-state index in [4.69, 9.17) is 9.47 Å². The van der Waals surface area contributed by atoms with Gasteiger partial charge in [-0.2, -0.15) is 0 Å². The molecule has 0 atom stereocenters. The van der Waals surface area contributed by atoms with Crippen molar-refractivity contribution in [3.05, 3.63) is 28.2 Å². The average Bonchev–Trinajstić information content (AvgIpc) is 2.85. The van der Waals surface area contributed by atoms with Gasteiger partial charge in [0.2, 0.25) is 0 Å². The summed E-state index contributed by atoms with van der Waals surface area (Å²) >= 11 is 3.07. The molecule has 1 saturated heterocycles. The summed E-state index contributed by atoms with van der Waals surface area (Å²) in [5.41, 5.74) is -0.0533. The van der Waals surface area contributed by atoms with Gasteiger partial charge in [0.05, 0.1) is 13.2 Å². The molecule has 1 aliphatic heterocycles. The molecule has 0 aromatic heterocycles. The third kappa shape index (κ3) is 2.82. The maximum absolute atomic E-state index is 13.8. The molecule has 0 bridgehead atoms. The van der Waals surface area contributed by atoms with Gasteiger partial charge in [0.1, 0.15) is 17.3 Å². The summed E-state index contributed by atoms with van der Waals surface area (Å²) < 4.78 is 39.2. The number of hydrogen-bond donors (Lipinski definition) is 1. The number of nitrogens with one attached hydrogen (secondary N) is 1. The molecule has 1 aliphatic carbocycles. The van der Waals surface area contributed by atoms with E-state index in [2.05, 4.69) is 21.2 Å². The number of benzene rings is 1. The lowest BCUT2D eigenvalue weighted by Gasteiger charge is -2.36. The molecule has 3 nitrogen and oxygen atoms in total. The summed E-state index contributed by atoms with van der Waals surface area (Å²) in [5.74, 6) is -1.61. The Morgan fingerprint density at radius 3 is 2.20 bits per heavy atom. The lowest BCUT2D eigenvalue weighted by atomic mass is 9.90. The van der Waals surface area contributed by atoms with E-state index in [1.54, 1.807) is 0 Å². The highest BCUT2D eigenvalue weighted by atomic mass is 79.9. The summed E-state index contributed by atoms with van der Waals surface area (Å²) in [5, 5.41) is 2.97. The van der Waals surface area contributed by atoms with E-state index >= 15 is 0 Å². The van der Waals surface area contributed by atoms with Crippen molar-refractivity contribution in [1.82, 2.24) is 0 Å². The van der Waals surface area contributed by atoms with E-state index in [1.165, 1.54) is 12.1 Å². The Morgan fingerprint density at radius 2 is 1.65 bits per heavy atom. The molecular weight excluding hydrogens is 332 g/mol. The van der Waals surface area contributed by atoms with Crippen molar-refractivity contribution >= 4 is 21.6 Å². The van der Waals surface area contributed by atoms with Crippen LogP contribution in [0.4, 0.5) is 14.5 Å². The predicted molar refractivity (Wildman–Crippen MR) is 74.6 cm³/mol. The van der Waals surface area contributed by atoms with Gasteiger partial charge in [-0.15, -0.1) is 0 Å². The van der Waals surface area contributed by atoms with Crippen LogP contribution in [-0.2, 0) is 9.47 Å². The zero-order valence-corrected chi connectivity index (χ0v) is 12.5. The van der Waals surface area contributed by atoms with Crippen LogP contribution < -0.4 is 5.32 Å². The molecule has 0 unspecified atom stereocenters. The molecule has 6 heteroatoms. The van der Waals surface area contributed by atoms with E-state index in [0.717, 1.165) is 25.7 Å². The van der Waals surface area contributed by atoms with Crippen LogP contribution in [0.15, 0.2) is 16.6 Å². The first-order chi connectivity index (χ1) is 9.58. The van der Waals surface area contributed by atoms with E-state index in [-0.39, 0.29) is 11.7 Å². The number of halogens is 3. The van der Waals surface area contributed by atoms with E-state index in [9.17, 15) is 8.78 Å². The first-order valence-electron chi connectivity index (χ1n) is 6.77. The predicted octanol–water partition coefficient (Wildman–Crippen LogP) is 3.82. The Bertz CT molecular complexity index is 473. The van der Waals surface area contributed by atoms with Crippen LogP contribution >= 0.6 is 15.9 Å². The largest absolute Gasteiger partial charge is 0.378 e. The average molecular weight is 348 g/mol. The molecule has 3 rings (SSSR count). The van der Waals surface area contributed by atoms with E-state index < -0.39 is 17.4 Å². The zero-order valence-electron chi connectivity index (χ0n) is 10.9. The molecule has 110 valence electrons. The van der Waals surface area contributed by atoms with Crippen LogP contribution in [0.5, 0.6) is 0 Å². The molecule has 1 saturated carbocycles. The Kier molecular flexibility index (Phi) is 3.97. The van der Waals surface area contributed by atoms with Crippen molar-refractivity contribution in [2.75, 3.05) is 18.5 Å². The Balaban J connectivity index is 1.65. The molecule has 1 aromatic rings. The number of rotatable bonds is 2. The standard InChI is InChI=1S/C14H16BrF2NO2/c15-9-7-11(16)13(12(17)8-9)18-10-1-3-14(4-2-10)19-5-6-20-14/h7-8,10,18H,1-6H2. The van der Waals surface area contributed by atoms with Crippen LogP contribution in [0.2, 0.25) is 0 Å². The lowest BCUT2D eigenvalue weighted by molar-refractivity contribution is -0.177. The number of anilines is 1. The van der Waals surface area contributed by atoms with Crippen LogP contribution in [0, 0.1) is 11.6 Å². The summed E-state index contributed by atoms with van der Waals surface area (Å²) in [6, 6.07) is 2.57. The number of ether oxygens (including phenoxy) is 2. The molecule has 0 radical (unpaired) electrons. The molecule has 1 heterocycles. The molecular formula is C14H16BrF2NO2. The van der Waals surface area contributed by atoms with Crippen molar-refractivity contribution in [3.63, 3.8) is 0 Å². The molecule has 1 N–H and O–H groups in total. The Hall–Kier alpha value is -0.720. The third-order valence-corrected chi connectivity index (χ3v) is 4.37. The van der Waals surface area contributed by atoms with Crippen molar-refractivity contribution in [3.8, 4) is 0 Å².